The summed E-state index contributed by atoms with van der Waals surface area (Å²) in [6.07, 6.45) is 2.07. The number of anilines is 1. The highest BCUT2D eigenvalue weighted by atomic mass is 32.2. The highest BCUT2D eigenvalue weighted by Gasteiger charge is 2.29. The molecule has 0 aromatic heterocycles. The number of benzene rings is 6. The third-order valence-electron chi connectivity index (χ3n) is 12.1. The molecule has 0 spiro atoms. The van der Waals surface area contributed by atoms with Crippen LogP contribution < -0.4 is 20.1 Å². The monoisotopic (exact) mass is 954 g/mol. The van der Waals surface area contributed by atoms with Gasteiger partial charge >= 0.3 is 0 Å². The summed E-state index contributed by atoms with van der Waals surface area (Å²) < 4.78 is 81.5. The number of ether oxygens (including phenoxy) is 2. The molecule has 16 nitrogen and oxygen atoms in total. The number of amides is 2. The molecule has 0 aliphatic rings. The summed E-state index contributed by atoms with van der Waals surface area (Å²) in [4.78, 5) is 24.1. The average Bonchev–Trinajstić information content (AvgIpc) is 3.27. The smallest absolute Gasteiger partial charge is 0.296 e. The van der Waals surface area contributed by atoms with Crippen LogP contribution in [0.3, 0.4) is 0 Å². The van der Waals surface area contributed by atoms with E-state index >= 15 is 0 Å². The number of nitrogens with zero attached hydrogens (tertiary/aromatic N) is 2. The Hall–Kier alpha value is -6.60. The first-order valence-electron chi connectivity index (χ1n) is 21.5. The molecule has 2 amide bonds. The van der Waals surface area contributed by atoms with Gasteiger partial charge in [0.2, 0.25) is 5.91 Å². The summed E-state index contributed by atoms with van der Waals surface area (Å²) in [7, 11) is -10.00. The van der Waals surface area contributed by atoms with Crippen molar-refractivity contribution in [2.75, 3.05) is 11.9 Å². The molecule has 67 heavy (non-hydrogen) atoms. The molecule has 1 atom stereocenters. The Kier molecular flexibility index (Phi) is 14.4. The molecular formula is C49H54N4O12S2. The van der Waals surface area contributed by atoms with Crippen LogP contribution in [-0.4, -0.2) is 60.6 Å². The number of aromatic hydroxyl groups is 2. The van der Waals surface area contributed by atoms with Gasteiger partial charge in [-0.2, -0.15) is 21.9 Å². The van der Waals surface area contributed by atoms with Crippen LogP contribution in [0.4, 0.5) is 17.1 Å². The largest absolute Gasteiger partial charge is 0.506 e. The Morgan fingerprint density at radius 3 is 2.00 bits per heavy atom. The Labute approximate surface area is 389 Å². The van der Waals surface area contributed by atoms with Crippen molar-refractivity contribution in [2.24, 2.45) is 10.2 Å². The second-order valence-corrected chi connectivity index (χ2v) is 20.2. The number of phenolic OH excluding ortho intramolecular Hbond substituents is 2. The number of carbonyl (C=O) groups is 2. The zero-order chi connectivity index (χ0) is 49.2. The van der Waals surface area contributed by atoms with Crippen molar-refractivity contribution in [1.82, 2.24) is 5.32 Å². The first-order valence-corrected chi connectivity index (χ1v) is 24.4. The predicted molar refractivity (Wildman–Crippen MR) is 256 cm³/mol. The minimum absolute atomic E-state index is 0.0163. The molecule has 0 fully saturated rings. The van der Waals surface area contributed by atoms with E-state index in [1.165, 1.54) is 35.9 Å². The first-order chi connectivity index (χ1) is 31.4. The second kappa shape index (κ2) is 19.3. The lowest BCUT2D eigenvalue weighted by molar-refractivity contribution is -0.114. The standard InChI is InChI=1S/C49H54N4O12S2/c1-9-32(64-40-21-16-30(48(5,6)10-2)24-38(40)49(7,8)11-3)27-50-47(57)37-26-41(35-14-12-13-15-36(35)45(37)55)65-33-19-17-31(18-20-33)52-53-44-42(67(61,62)63)23-29-22-34(66(58,59)60)25-39(51-28(4)54)43(29)46(44)56/h12-26,32,55-56H,9-11,27H2,1-8H3,(H,50,57)(H,51,54)(H,58,59,60)(H,61,62,63). The summed E-state index contributed by atoms with van der Waals surface area (Å²) in [6, 6.07) is 23.0. The molecule has 0 saturated carbocycles. The third-order valence-corrected chi connectivity index (χ3v) is 13.8. The molecule has 6 aromatic carbocycles. The van der Waals surface area contributed by atoms with Crippen LogP contribution in [0.5, 0.6) is 28.7 Å². The Morgan fingerprint density at radius 1 is 0.746 bits per heavy atom. The van der Waals surface area contributed by atoms with Crippen LogP contribution in [0, 0.1) is 0 Å². The normalized spacial score (nSPS) is 12.9. The van der Waals surface area contributed by atoms with Gasteiger partial charge < -0.3 is 30.3 Å². The SMILES string of the molecule is CCC(CNC(=O)c1cc(Oc2ccc(N=Nc3c(S(=O)(=O)O)cc4cc(S(=O)(=O)O)cc(NC(C)=O)c4c3O)cc2)c2ccccc2c1O)Oc1ccc(C(C)(C)CC)cc1C(C)(C)CC. The quantitative estimate of drug-likeness (QED) is 0.0369. The molecule has 0 aliphatic carbocycles. The molecule has 0 bridgehead atoms. The van der Waals surface area contributed by atoms with Gasteiger partial charge in [0, 0.05) is 28.6 Å². The topological polar surface area (TPSA) is 251 Å². The van der Waals surface area contributed by atoms with Gasteiger partial charge in [-0.25, -0.2) is 0 Å². The second-order valence-electron chi connectivity index (χ2n) is 17.4. The maximum Gasteiger partial charge on any atom is 0.296 e. The molecule has 0 aliphatic heterocycles. The van der Waals surface area contributed by atoms with Crippen LogP contribution >= 0.6 is 0 Å². The van der Waals surface area contributed by atoms with E-state index in [0.717, 1.165) is 49.3 Å². The zero-order valence-corrected chi connectivity index (χ0v) is 40.0. The molecular weight excluding hydrogens is 901 g/mol. The third kappa shape index (κ3) is 11.0. The van der Waals surface area contributed by atoms with E-state index in [2.05, 4.69) is 74.5 Å². The maximum atomic E-state index is 13.9. The van der Waals surface area contributed by atoms with Crippen molar-refractivity contribution in [3.63, 3.8) is 0 Å². The van der Waals surface area contributed by atoms with Crippen LogP contribution in [0.15, 0.2) is 111 Å². The Balaban J connectivity index is 1.26. The van der Waals surface area contributed by atoms with E-state index in [1.807, 2.05) is 13.0 Å². The minimum Gasteiger partial charge on any atom is -0.506 e. The van der Waals surface area contributed by atoms with E-state index in [-0.39, 0.29) is 68.4 Å². The van der Waals surface area contributed by atoms with Crippen molar-refractivity contribution < 1.29 is 55.2 Å². The number of nitrogens with one attached hydrogen (secondary N) is 2. The Morgan fingerprint density at radius 2 is 1.40 bits per heavy atom. The van der Waals surface area contributed by atoms with E-state index in [4.69, 9.17) is 9.47 Å². The number of carbonyl (C=O) groups excluding carboxylic acids is 2. The van der Waals surface area contributed by atoms with Crippen molar-refractivity contribution in [1.29, 1.82) is 0 Å². The van der Waals surface area contributed by atoms with E-state index in [1.54, 1.807) is 24.3 Å². The van der Waals surface area contributed by atoms with Gasteiger partial charge in [-0.05, 0) is 95.6 Å². The van der Waals surface area contributed by atoms with E-state index in [0.29, 0.717) is 17.2 Å². The summed E-state index contributed by atoms with van der Waals surface area (Å²) in [5.74, 6) is -1.11. The van der Waals surface area contributed by atoms with Gasteiger partial charge in [-0.15, -0.1) is 5.11 Å². The summed E-state index contributed by atoms with van der Waals surface area (Å²) in [6.45, 7) is 16.4. The number of rotatable bonds is 17. The van der Waals surface area contributed by atoms with Gasteiger partial charge in [-0.3, -0.25) is 18.7 Å². The molecule has 354 valence electrons. The molecule has 18 heteroatoms. The number of azo groups is 1. The van der Waals surface area contributed by atoms with Crippen LogP contribution in [-0.2, 0) is 35.9 Å². The van der Waals surface area contributed by atoms with E-state index < -0.39 is 53.3 Å². The molecule has 0 saturated heterocycles. The van der Waals surface area contributed by atoms with Crippen molar-refractivity contribution in [3.8, 4) is 28.7 Å². The fraction of sp³-hybridized carbons (Fsp3) is 0.306. The maximum absolute atomic E-state index is 13.9. The van der Waals surface area contributed by atoms with Gasteiger partial charge in [-0.1, -0.05) is 84.9 Å². The first kappa shape index (κ1) is 49.8. The van der Waals surface area contributed by atoms with Crippen LogP contribution in [0.25, 0.3) is 21.5 Å². The van der Waals surface area contributed by atoms with Crippen LogP contribution in [0.1, 0.15) is 96.1 Å². The summed E-state index contributed by atoms with van der Waals surface area (Å²) in [5.41, 5.74) is 1.17. The zero-order valence-electron chi connectivity index (χ0n) is 38.3. The highest BCUT2D eigenvalue weighted by molar-refractivity contribution is 7.86. The molecule has 6 N–H and O–H groups in total. The molecule has 1 unspecified atom stereocenters. The number of hydrogen-bond donors (Lipinski definition) is 6. The number of hydrogen-bond acceptors (Lipinski definition) is 12. The van der Waals surface area contributed by atoms with E-state index in [9.17, 15) is 45.7 Å². The number of phenols is 2. The Bertz CT molecular complexity index is 3150. The van der Waals surface area contributed by atoms with Crippen molar-refractivity contribution in [2.45, 2.75) is 101 Å². The molecule has 0 radical (unpaired) electrons. The summed E-state index contributed by atoms with van der Waals surface area (Å²) >= 11 is 0. The van der Waals surface area contributed by atoms with Gasteiger partial charge in [0.1, 0.15) is 39.7 Å². The lowest BCUT2D eigenvalue weighted by Gasteiger charge is -2.31. The average molecular weight is 955 g/mol. The fourth-order valence-corrected chi connectivity index (χ4v) is 8.52. The summed E-state index contributed by atoms with van der Waals surface area (Å²) in [5, 5.41) is 36.2. The predicted octanol–water partition coefficient (Wildman–Crippen LogP) is 11.0. The van der Waals surface area contributed by atoms with Crippen molar-refractivity contribution in [3.05, 3.63) is 108 Å². The number of fused-ring (bicyclic) bond motifs is 2. The van der Waals surface area contributed by atoms with Gasteiger partial charge in [0.15, 0.2) is 5.75 Å². The minimum atomic E-state index is -5.13. The highest BCUT2D eigenvalue weighted by Crippen LogP contribution is 2.46. The lowest BCUT2D eigenvalue weighted by Crippen LogP contribution is -2.35. The fourth-order valence-electron chi connectivity index (χ4n) is 7.32. The molecule has 6 rings (SSSR count). The van der Waals surface area contributed by atoms with Crippen molar-refractivity contribution >= 4 is 70.7 Å². The van der Waals surface area contributed by atoms with Gasteiger partial charge in [0.05, 0.1) is 28.4 Å². The lowest BCUT2D eigenvalue weighted by atomic mass is 9.76. The van der Waals surface area contributed by atoms with Gasteiger partial charge in [0.25, 0.3) is 26.1 Å². The molecule has 6 aromatic rings. The molecule has 0 heterocycles. The van der Waals surface area contributed by atoms with Crippen LogP contribution in [0.2, 0.25) is 0 Å².